The number of nitrogens with one attached hydrogen (secondary N) is 1. The van der Waals surface area contributed by atoms with E-state index >= 15 is 0 Å². The lowest BCUT2D eigenvalue weighted by Crippen LogP contribution is -2.41. The maximum Gasteiger partial charge on any atom is 0.0630 e. The van der Waals surface area contributed by atoms with E-state index in [2.05, 4.69) is 43.0 Å². The van der Waals surface area contributed by atoms with Gasteiger partial charge in [-0.15, -0.1) is 0 Å². The van der Waals surface area contributed by atoms with Gasteiger partial charge in [-0.2, -0.15) is 5.10 Å². The Bertz CT molecular complexity index is 410. The summed E-state index contributed by atoms with van der Waals surface area (Å²) in [5.41, 5.74) is 1.55. The molecule has 2 heterocycles. The van der Waals surface area contributed by atoms with Crippen molar-refractivity contribution in [2.75, 3.05) is 26.3 Å². The summed E-state index contributed by atoms with van der Waals surface area (Å²) in [4.78, 5) is 0. The summed E-state index contributed by atoms with van der Waals surface area (Å²) in [5, 5.41) is 8.41. The van der Waals surface area contributed by atoms with Crippen LogP contribution in [-0.2, 0) is 11.2 Å². The van der Waals surface area contributed by atoms with Crippen molar-refractivity contribution in [3.05, 3.63) is 18.0 Å². The van der Waals surface area contributed by atoms with Crippen molar-refractivity contribution in [3.63, 3.8) is 0 Å². The van der Waals surface area contributed by atoms with E-state index in [-0.39, 0.29) is 0 Å². The summed E-state index contributed by atoms with van der Waals surface area (Å²) in [6.45, 7) is 10.6. The van der Waals surface area contributed by atoms with Gasteiger partial charge in [-0.05, 0) is 57.1 Å². The fourth-order valence-electron chi connectivity index (χ4n) is 3.04. The first-order chi connectivity index (χ1) is 10.2. The number of nitrogens with zero attached hydrogens (tertiary/aromatic N) is 2. The van der Waals surface area contributed by atoms with Gasteiger partial charge in [-0.3, -0.25) is 4.68 Å². The molecule has 0 amide bonds. The van der Waals surface area contributed by atoms with E-state index in [1.165, 1.54) is 12.1 Å². The molecule has 0 spiro atoms. The molecule has 0 bridgehead atoms. The van der Waals surface area contributed by atoms with Gasteiger partial charge in [-0.25, -0.2) is 0 Å². The molecule has 4 nitrogen and oxygen atoms in total. The van der Waals surface area contributed by atoms with Crippen molar-refractivity contribution in [3.8, 4) is 0 Å². The summed E-state index contributed by atoms with van der Waals surface area (Å²) in [6.07, 6.45) is 7.79. The van der Waals surface area contributed by atoms with Crippen LogP contribution in [0.5, 0.6) is 0 Å². The first kappa shape index (κ1) is 16.5. The molecule has 0 aromatic carbocycles. The van der Waals surface area contributed by atoms with Crippen molar-refractivity contribution in [1.82, 2.24) is 15.1 Å². The van der Waals surface area contributed by atoms with E-state index in [1.807, 2.05) is 0 Å². The first-order valence-corrected chi connectivity index (χ1v) is 8.51. The lowest BCUT2D eigenvalue weighted by molar-refractivity contribution is 0.0145. The molecule has 1 aliphatic rings. The third kappa shape index (κ3) is 4.55. The van der Waals surface area contributed by atoms with Crippen LogP contribution in [0.3, 0.4) is 0 Å². The molecular formula is C17H31N3O. The van der Waals surface area contributed by atoms with E-state index in [1.54, 1.807) is 0 Å². The molecule has 1 saturated heterocycles. The van der Waals surface area contributed by atoms with Crippen LogP contribution >= 0.6 is 0 Å². The molecule has 1 aromatic rings. The zero-order chi connectivity index (χ0) is 15.1. The summed E-state index contributed by atoms with van der Waals surface area (Å²) in [6, 6.07) is 2.69. The Morgan fingerprint density at radius 1 is 1.38 bits per heavy atom. The average Bonchev–Trinajstić information content (AvgIpc) is 2.96. The minimum Gasteiger partial charge on any atom is -0.381 e. The maximum atomic E-state index is 5.58. The lowest BCUT2D eigenvalue weighted by atomic mass is 9.76. The van der Waals surface area contributed by atoms with Gasteiger partial charge in [0.1, 0.15) is 0 Å². The lowest BCUT2D eigenvalue weighted by Gasteiger charge is -2.37. The Morgan fingerprint density at radius 2 is 2.14 bits per heavy atom. The van der Waals surface area contributed by atoms with Crippen molar-refractivity contribution < 1.29 is 4.74 Å². The molecule has 21 heavy (non-hydrogen) atoms. The van der Waals surface area contributed by atoms with Crippen molar-refractivity contribution in [1.29, 1.82) is 0 Å². The molecule has 1 aliphatic heterocycles. The van der Waals surface area contributed by atoms with Crippen LogP contribution < -0.4 is 5.32 Å². The molecule has 1 atom stereocenters. The SMILES string of the molecule is CCCNCC1(Cc2ccn(C(C)CC)n2)CCOCC1. The highest BCUT2D eigenvalue weighted by Crippen LogP contribution is 2.33. The van der Waals surface area contributed by atoms with Crippen molar-refractivity contribution >= 4 is 0 Å². The third-order valence-electron chi connectivity index (χ3n) is 4.74. The molecule has 120 valence electrons. The molecular weight excluding hydrogens is 262 g/mol. The molecule has 2 rings (SSSR count). The van der Waals surface area contributed by atoms with E-state index in [0.29, 0.717) is 11.5 Å². The van der Waals surface area contributed by atoms with Gasteiger partial charge in [0.25, 0.3) is 0 Å². The van der Waals surface area contributed by atoms with Gasteiger partial charge >= 0.3 is 0 Å². The van der Waals surface area contributed by atoms with Crippen LogP contribution in [-0.4, -0.2) is 36.1 Å². The van der Waals surface area contributed by atoms with Gasteiger partial charge in [0.15, 0.2) is 0 Å². The Kier molecular flexibility index (Phi) is 6.24. The number of aromatic nitrogens is 2. The van der Waals surface area contributed by atoms with Gasteiger partial charge in [0.2, 0.25) is 0 Å². The van der Waals surface area contributed by atoms with Crippen LogP contribution in [0, 0.1) is 5.41 Å². The van der Waals surface area contributed by atoms with Crippen LogP contribution in [0.4, 0.5) is 0 Å². The zero-order valence-corrected chi connectivity index (χ0v) is 13.9. The van der Waals surface area contributed by atoms with Crippen LogP contribution in [0.1, 0.15) is 58.2 Å². The zero-order valence-electron chi connectivity index (χ0n) is 13.9. The molecule has 1 fully saturated rings. The van der Waals surface area contributed by atoms with Crippen LogP contribution in [0.25, 0.3) is 0 Å². The molecule has 0 radical (unpaired) electrons. The molecule has 1 unspecified atom stereocenters. The Labute approximate surface area is 129 Å². The minimum atomic E-state index is 0.321. The molecule has 0 saturated carbocycles. The summed E-state index contributed by atoms with van der Waals surface area (Å²) in [5.74, 6) is 0. The van der Waals surface area contributed by atoms with Crippen molar-refractivity contribution in [2.45, 2.75) is 58.9 Å². The normalized spacial score (nSPS) is 19.6. The number of hydrogen-bond acceptors (Lipinski definition) is 3. The van der Waals surface area contributed by atoms with Crippen LogP contribution in [0.2, 0.25) is 0 Å². The highest BCUT2D eigenvalue weighted by molar-refractivity contribution is 5.05. The monoisotopic (exact) mass is 293 g/mol. The smallest absolute Gasteiger partial charge is 0.0630 e. The molecule has 0 aliphatic carbocycles. The number of rotatable bonds is 8. The van der Waals surface area contributed by atoms with Gasteiger partial charge in [0, 0.05) is 32.0 Å². The summed E-state index contributed by atoms with van der Waals surface area (Å²) < 4.78 is 7.69. The minimum absolute atomic E-state index is 0.321. The van der Waals surface area contributed by atoms with E-state index < -0.39 is 0 Å². The Balaban J connectivity index is 2.01. The third-order valence-corrected chi connectivity index (χ3v) is 4.74. The topological polar surface area (TPSA) is 39.1 Å². The Morgan fingerprint density at radius 3 is 2.81 bits per heavy atom. The Hall–Kier alpha value is -0.870. The fourth-order valence-corrected chi connectivity index (χ4v) is 3.04. The average molecular weight is 293 g/mol. The number of ether oxygens (including phenoxy) is 1. The quantitative estimate of drug-likeness (QED) is 0.748. The summed E-state index contributed by atoms with van der Waals surface area (Å²) in [7, 11) is 0. The largest absolute Gasteiger partial charge is 0.381 e. The van der Waals surface area contributed by atoms with E-state index in [9.17, 15) is 0 Å². The van der Waals surface area contributed by atoms with Gasteiger partial charge < -0.3 is 10.1 Å². The molecule has 1 N–H and O–H groups in total. The van der Waals surface area contributed by atoms with E-state index in [4.69, 9.17) is 9.84 Å². The summed E-state index contributed by atoms with van der Waals surface area (Å²) >= 11 is 0. The predicted molar refractivity (Wildman–Crippen MR) is 86.6 cm³/mol. The van der Waals surface area contributed by atoms with Gasteiger partial charge in [-0.1, -0.05) is 13.8 Å². The molecule has 4 heteroatoms. The second-order valence-corrected chi connectivity index (χ2v) is 6.51. The highest BCUT2D eigenvalue weighted by atomic mass is 16.5. The number of hydrogen-bond donors (Lipinski definition) is 1. The van der Waals surface area contributed by atoms with Crippen LogP contribution in [0.15, 0.2) is 12.3 Å². The standard InChI is InChI=1S/C17H31N3O/c1-4-9-18-14-17(7-11-21-12-8-17)13-16-6-10-20(19-16)15(3)5-2/h6,10,15,18H,4-5,7-9,11-14H2,1-3H3. The highest BCUT2D eigenvalue weighted by Gasteiger charge is 2.33. The fraction of sp³-hybridized carbons (Fsp3) is 0.824. The molecule has 1 aromatic heterocycles. The second kappa shape index (κ2) is 7.95. The van der Waals surface area contributed by atoms with Crippen molar-refractivity contribution in [2.24, 2.45) is 5.41 Å². The predicted octanol–water partition coefficient (Wildman–Crippen LogP) is 3.19. The first-order valence-electron chi connectivity index (χ1n) is 8.51. The maximum absolute atomic E-state index is 5.58. The van der Waals surface area contributed by atoms with Gasteiger partial charge in [0.05, 0.1) is 5.69 Å². The van der Waals surface area contributed by atoms with E-state index in [0.717, 1.165) is 52.0 Å². The second-order valence-electron chi connectivity index (χ2n) is 6.51.